The van der Waals surface area contributed by atoms with Crippen LogP contribution in [0.15, 0.2) is 0 Å². The molecule has 0 aromatic heterocycles. The van der Waals surface area contributed by atoms with Gasteiger partial charge in [-0.3, -0.25) is 9.59 Å². The molecule has 4 nitrogen and oxygen atoms in total. The van der Waals surface area contributed by atoms with E-state index < -0.39 is 22.8 Å². The van der Waals surface area contributed by atoms with Crippen LogP contribution in [0.1, 0.15) is 86.5 Å². The molecule has 3 fully saturated rings. The van der Waals surface area contributed by atoms with E-state index in [-0.39, 0.29) is 11.8 Å². The highest BCUT2D eigenvalue weighted by molar-refractivity contribution is 5.94. The smallest absolute Gasteiger partial charge is 0.311 e. The lowest BCUT2D eigenvalue weighted by Gasteiger charge is -2.46. The number of hydrogen-bond acceptors (Lipinski definition) is 2. The van der Waals surface area contributed by atoms with Crippen molar-refractivity contribution in [2.24, 2.45) is 58.2 Å². The summed E-state index contributed by atoms with van der Waals surface area (Å²) in [5.41, 5.74) is -2.17. The van der Waals surface area contributed by atoms with Crippen molar-refractivity contribution in [2.45, 2.75) is 86.5 Å². The van der Waals surface area contributed by atoms with Crippen molar-refractivity contribution in [2.75, 3.05) is 0 Å². The molecule has 0 spiro atoms. The van der Waals surface area contributed by atoms with Gasteiger partial charge in [-0.2, -0.15) is 0 Å². The molecule has 0 bridgehead atoms. The van der Waals surface area contributed by atoms with E-state index in [0.29, 0.717) is 41.9 Å². The normalized spacial score (nSPS) is 45.4. The number of rotatable bonds is 6. The lowest BCUT2D eigenvalue weighted by molar-refractivity contribution is -0.164. The lowest BCUT2D eigenvalue weighted by atomic mass is 9.57. The fourth-order valence-electron chi connectivity index (χ4n) is 7.71. The van der Waals surface area contributed by atoms with E-state index in [1.807, 2.05) is 0 Å². The molecule has 0 aromatic carbocycles. The van der Waals surface area contributed by atoms with Crippen LogP contribution in [-0.2, 0) is 9.59 Å². The van der Waals surface area contributed by atoms with Crippen LogP contribution in [0.2, 0.25) is 0 Å². The summed E-state index contributed by atoms with van der Waals surface area (Å²) in [6.45, 7) is 13.2. The van der Waals surface area contributed by atoms with Gasteiger partial charge in [0, 0.05) is 0 Å². The summed E-state index contributed by atoms with van der Waals surface area (Å²) in [4.78, 5) is 25.8. The molecule has 0 aromatic rings. The largest absolute Gasteiger partial charge is 0.481 e. The number of carboxylic acids is 2. The van der Waals surface area contributed by atoms with Gasteiger partial charge in [-0.1, -0.05) is 54.4 Å². The van der Waals surface area contributed by atoms with Gasteiger partial charge in [-0.05, 0) is 79.4 Å². The van der Waals surface area contributed by atoms with E-state index in [0.717, 1.165) is 38.5 Å². The molecule has 2 N–H and O–H groups in total. The summed E-state index contributed by atoms with van der Waals surface area (Å²) < 4.78 is 0. The van der Waals surface area contributed by atoms with Gasteiger partial charge >= 0.3 is 11.9 Å². The standard InChI is InChI=1S/C25H42O4/c1-14(2)18-9-7-16(5)11-20(18)24(22(26)27)13-25(24,23(28)29)21-12-17(6)8-10-19(21)15(3)4/h14-21H,7-13H2,1-6H3,(H,26,27)(H,28,29)/t16-,17-,18-,19+,20+,21-,24-,25+/m1/s1. The lowest BCUT2D eigenvalue weighted by Crippen LogP contribution is -2.48. The average Bonchev–Trinajstić information content (AvgIpc) is 3.34. The quantitative estimate of drug-likeness (QED) is 0.571. The molecule has 0 heterocycles. The summed E-state index contributed by atoms with van der Waals surface area (Å²) in [6.07, 6.45) is 6.38. The highest BCUT2D eigenvalue weighted by atomic mass is 16.4. The SMILES string of the molecule is CC(C)[C@H]1CC[C@@H](C)C[C@@H]1[C@@]1(C(=O)O)C[C@@]1(C(=O)O)[C@@H]1C[C@H](C)CC[C@H]1C(C)C. The molecule has 3 rings (SSSR count). The average molecular weight is 407 g/mol. The van der Waals surface area contributed by atoms with Crippen LogP contribution in [-0.4, -0.2) is 22.2 Å². The van der Waals surface area contributed by atoms with Crippen LogP contribution in [0, 0.1) is 58.2 Å². The van der Waals surface area contributed by atoms with Gasteiger partial charge in [0.1, 0.15) is 0 Å². The zero-order valence-electron chi connectivity index (χ0n) is 19.3. The molecule has 0 amide bonds. The Balaban J connectivity index is 2.09. The molecule has 29 heavy (non-hydrogen) atoms. The zero-order chi connectivity index (χ0) is 21.7. The minimum atomic E-state index is -1.09. The molecule has 166 valence electrons. The maximum atomic E-state index is 12.9. The number of hydrogen-bond donors (Lipinski definition) is 2. The van der Waals surface area contributed by atoms with Gasteiger partial charge in [0.2, 0.25) is 0 Å². The molecule has 0 unspecified atom stereocenters. The van der Waals surface area contributed by atoms with Crippen LogP contribution < -0.4 is 0 Å². The van der Waals surface area contributed by atoms with Crippen molar-refractivity contribution < 1.29 is 19.8 Å². The fraction of sp³-hybridized carbons (Fsp3) is 0.920. The van der Waals surface area contributed by atoms with E-state index in [4.69, 9.17) is 0 Å². The molecule has 0 radical (unpaired) electrons. The summed E-state index contributed by atoms with van der Waals surface area (Å²) in [6, 6.07) is 0. The summed E-state index contributed by atoms with van der Waals surface area (Å²) >= 11 is 0. The predicted octanol–water partition coefficient (Wildman–Crippen LogP) is 5.95. The first-order valence-corrected chi connectivity index (χ1v) is 12.0. The van der Waals surface area contributed by atoms with E-state index in [1.54, 1.807) is 0 Å². The third kappa shape index (κ3) is 3.43. The number of carboxylic acid groups (broad SMARTS) is 2. The van der Waals surface area contributed by atoms with Crippen molar-refractivity contribution in [3.05, 3.63) is 0 Å². The minimum absolute atomic E-state index is 0.0232. The first kappa shape index (κ1) is 22.6. The van der Waals surface area contributed by atoms with Crippen molar-refractivity contribution in [1.82, 2.24) is 0 Å². The van der Waals surface area contributed by atoms with Gasteiger partial charge < -0.3 is 10.2 Å². The van der Waals surface area contributed by atoms with Crippen LogP contribution in [0.3, 0.4) is 0 Å². The van der Waals surface area contributed by atoms with Gasteiger partial charge in [0.25, 0.3) is 0 Å². The topological polar surface area (TPSA) is 74.6 Å². The second-order valence-electron chi connectivity index (χ2n) is 11.6. The zero-order valence-corrected chi connectivity index (χ0v) is 19.3. The van der Waals surface area contributed by atoms with Crippen LogP contribution >= 0.6 is 0 Å². The van der Waals surface area contributed by atoms with Crippen LogP contribution in [0.25, 0.3) is 0 Å². The predicted molar refractivity (Wildman–Crippen MR) is 114 cm³/mol. The molecule has 3 aliphatic carbocycles. The molecule has 3 saturated carbocycles. The molecule has 3 aliphatic rings. The Labute approximate surface area is 176 Å². The van der Waals surface area contributed by atoms with Gasteiger partial charge in [0.05, 0.1) is 10.8 Å². The summed E-state index contributed by atoms with van der Waals surface area (Å²) in [7, 11) is 0. The number of aliphatic carboxylic acids is 2. The van der Waals surface area contributed by atoms with E-state index in [1.165, 1.54) is 0 Å². The monoisotopic (exact) mass is 406 g/mol. The van der Waals surface area contributed by atoms with Gasteiger partial charge in [-0.15, -0.1) is 0 Å². The Bertz CT molecular complexity index is 587. The van der Waals surface area contributed by atoms with Crippen molar-refractivity contribution in [1.29, 1.82) is 0 Å². The maximum absolute atomic E-state index is 12.9. The number of carbonyl (C=O) groups is 2. The highest BCUT2D eigenvalue weighted by Gasteiger charge is 2.83. The Kier molecular flexibility index (Phi) is 6.15. The van der Waals surface area contributed by atoms with E-state index >= 15 is 0 Å². The van der Waals surface area contributed by atoms with Crippen molar-refractivity contribution in [3.8, 4) is 0 Å². The molecule has 0 saturated heterocycles. The first-order chi connectivity index (χ1) is 13.5. The molecular formula is C25H42O4. The fourth-order valence-corrected chi connectivity index (χ4v) is 7.71. The highest BCUT2D eigenvalue weighted by Crippen LogP contribution is 2.77. The van der Waals surface area contributed by atoms with Gasteiger partial charge in [0.15, 0.2) is 0 Å². The second kappa shape index (κ2) is 7.89. The summed E-state index contributed by atoms with van der Waals surface area (Å²) in [5, 5.41) is 21.2. The van der Waals surface area contributed by atoms with Crippen LogP contribution in [0.5, 0.6) is 0 Å². The van der Waals surface area contributed by atoms with Crippen LogP contribution in [0.4, 0.5) is 0 Å². The molecule has 0 aliphatic heterocycles. The Morgan fingerprint density at radius 1 is 0.724 bits per heavy atom. The van der Waals surface area contributed by atoms with Crippen molar-refractivity contribution >= 4 is 11.9 Å². The second-order valence-corrected chi connectivity index (χ2v) is 11.6. The molecular weight excluding hydrogens is 364 g/mol. The van der Waals surface area contributed by atoms with Crippen molar-refractivity contribution in [3.63, 3.8) is 0 Å². The first-order valence-electron chi connectivity index (χ1n) is 12.0. The Morgan fingerprint density at radius 2 is 1.07 bits per heavy atom. The molecule has 8 atom stereocenters. The molecule has 4 heteroatoms. The third-order valence-electron chi connectivity index (χ3n) is 9.30. The third-order valence-corrected chi connectivity index (χ3v) is 9.30. The Morgan fingerprint density at radius 3 is 1.34 bits per heavy atom. The van der Waals surface area contributed by atoms with E-state index in [2.05, 4.69) is 41.5 Å². The maximum Gasteiger partial charge on any atom is 0.311 e. The minimum Gasteiger partial charge on any atom is -0.481 e. The van der Waals surface area contributed by atoms with E-state index in [9.17, 15) is 19.8 Å². The van der Waals surface area contributed by atoms with Gasteiger partial charge in [-0.25, -0.2) is 0 Å². The summed E-state index contributed by atoms with van der Waals surface area (Å²) in [5.74, 6) is 0.618. The Hall–Kier alpha value is -1.06.